The van der Waals surface area contributed by atoms with E-state index in [0.717, 1.165) is 51.6 Å². The number of rotatable bonds is 14. The summed E-state index contributed by atoms with van der Waals surface area (Å²) >= 11 is 0. The van der Waals surface area contributed by atoms with Gasteiger partial charge in [0.25, 0.3) is 0 Å². The number of amides is 4. The molecule has 30 heavy (non-hydrogen) atoms. The standard InChI is InChI=1S/C12H22N2O2.C10H18N2O2/c1-11(15)13-9-7-5-3-4-6-8-10-14-12(2)16;1-9(13)11-7-5-3-4-6-8-12-10(2)14/h3-4H,5-10H2,1-2H3,(H,13,15)(H,14,16);3-4H,5-8H2,1-2H3,(H,11,13)(H,12,14)/b2*4-3-. The van der Waals surface area contributed by atoms with Gasteiger partial charge >= 0.3 is 0 Å². The Morgan fingerprint density at radius 1 is 0.467 bits per heavy atom. The van der Waals surface area contributed by atoms with Gasteiger partial charge in [0.1, 0.15) is 0 Å². The molecule has 0 aromatic rings. The van der Waals surface area contributed by atoms with Crippen LogP contribution in [0.15, 0.2) is 24.3 Å². The van der Waals surface area contributed by atoms with Crippen LogP contribution in [0.3, 0.4) is 0 Å². The van der Waals surface area contributed by atoms with Gasteiger partial charge in [-0.2, -0.15) is 0 Å². The molecule has 0 saturated heterocycles. The number of allylic oxidation sites excluding steroid dienone is 2. The maximum Gasteiger partial charge on any atom is 0.216 e. The van der Waals surface area contributed by atoms with Crippen LogP contribution in [0.5, 0.6) is 0 Å². The quantitative estimate of drug-likeness (QED) is 0.252. The Balaban J connectivity index is 0. The first-order chi connectivity index (χ1) is 14.3. The summed E-state index contributed by atoms with van der Waals surface area (Å²) in [5, 5.41) is 10.9. The Bertz CT molecular complexity index is 499. The minimum atomic E-state index is -0.00311. The van der Waals surface area contributed by atoms with E-state index < -0.39 is 0 Å². The van der Waals surface area contributed by atoms with Crippen LogP contribution in [0, 0.1) is 0 Å². The van der Waals surface area contributed by atoms with E-state index in [2.05, 4.69) is 33.4 Å². The Kier molecular flexibility index (Phi) is 22.3. The Hall–Kier alpha value is -2.64. The molecule has 0 unspecified atom stereocenters. The minimum Gasteiger partial charge on any atom is -0.356 e. The van der Waals surface area contributed by atoms with Crippen molar-refractivity contribution < 1.29 is 19.2 Å². The molecule has 0 spiro atoms. The molecule has 0 aliphatic heterocycles. The summed E-state index contributed by atoms with van der Waals surface area (Å²) in [5.74, 6) is 0.0480. The predicted molar refractivity (Wildman–Crippen MR) is 121 cm³/mol. The van der Waals surface area contributed by atoms with E-state index in [1.165, 1.54) is 27.7 Å². The summed E-state index contributed by atoms with van der Waals surface area (Å²) < 4.78 is 0. The maximum absolute atomic E-state index is 10.5. The van der Waals surface area contributed by atoms with Gasteiger partial charge < -0.3 is 21.3 Å². The molecule has 0 heterocycles. The van der Waals surface area contributed by atoms with Gasteiger partial charge in [0.05, 0.1) is 0 Å². The van der Waals surface area contributed by atoms with E-state index in [9.17, 15) is 19.2 Å². The molecule has 0 fully saturated rings. The molecule has 0 rings (SSSR count). The summed E-state index contributed by atoms with van der Waals surface area (Å²) in [6.45, 7) is 8.88. The van der Waals surface area contributed by atoms with Crippen molar-refractivity contribution in [2.45, 2.75) is 66.2 Å². The predicted octanol–water partition coefficient (Wildman–Crippen LogP) is 1.97. The van der Waals surface area contributed by atoms with E-state index in [4.69, 9.17) is 0 Å². The fraction of sp³-hybridized carbons (Fsp3) is 0.636. The van der Waals surface area contributed by atoms with Gasteiger partial charge in [-0.15, -0.1) is 0 Å². The first-order valence-corrected chi connectivity index (χ1v) is 10.5. The number of nitrogens with one attached hydrogen (secondary N) is 4. The topological polar surface area (TPSA) is 116 Å². The second-order valence-corrected chi connectivity index (χ2v) is 6.74. The van der Waals surface area contributed by atoms with Gasteiger partial charge in [0, 0.05) is 53.9 Å². The highest BCUT2D eigenvalue weighted by atomic mass is 16.2. The molecule has 0 aliphatic carbocycles. The fourth-order valence-electron chi connectivity index (χ4n) is 2.10. The van der Waals surface area contributed by atoms with E-state index in [1.807, 2.05) is 12.2 Å². The van der Waals surface area contributed by atoms with Crippen molar-refractivity contribution in [1.82, 2.24) is 21.3 Å². The third kappa shape index (κ3) is 33.0. The second kappa shape index (κ2) is 22.6. The number of unbranched alkanes of at least 4 members (excludes halogenated alkanes) is 2. The average Bonchev–Trinajstić information content (AvgIpc) is 2.65. The molecule has 4 N–H and O–H groups in total. The summed E-state index contributed by atoms with van der Waals surface area (Å²) in [6.07, 6.45) is 13.8. The smallest absolute Gasteiger partial charge is 0.216 e. The van der Waals surface area contributed by atoms with Crippen molar-refractivity contribution in [1.29, 1.82) is 0 Å². The zero-order valence-electron chi connectivity index (χ0n) is 19.0. The molecule has 0 radical (unpaired) electrons. The van der Waals surface area contributed by atoms with E-state index in [1.54, 1.807) is 0 Å². The lowest BCUT2D eigenvalue weighted by molar-refractivity contribution is -0.119. The van der Waals surface area contributed by atoms with Gasteiger partial charge in [-0.05, 0) is 38.5 Å². The molecular formula is C22H40N4O4. The number of carbonyl (C=O) groups excluding carboxylic acids is 4. The first-order valence-electron chi connectivity index (χ1n) is 10.5. The third-order valence-electron chi connectivity index (χ3n) is 3.55. The second-order valence-electron chi connectivity index (χ2n) is 6.74. The molecular weight excluding hydrogens is 384 g/mol. The molecule has 0 bridgehead atoms. The van der Waals surface area contributed by atoms with Crippen LogP contribution >= 0.6 is 0 Å². The molecule has 0 saturated carbocycles. The molecule has 0 aromatic carbocycles. The number of carbonyl (C=O) groups is 4. The van der Waals surface area contributed by atoms with Crippen molar-refractivity contribution in [2.75, 3.05) is 26.2 Å². The molecule has 172 valence electrons. The Morgan fingerprint density at radius 3 is 1.03 bits per heavy atom. The van der Waals surface area contributed by atoms with E-state index in [-0.39, 0.29) is 23.6 Å². The summed E-state index contributed by atoms with van der Waals surface area (Å²) in [5.41, 5.74) is 0. The average molecular weight is 425 g/mol. The Labute approximate surface area is 181 Å². The zero-order chi connectivity index (χ0) is 23.0. The fourth-order valence-corrected chi connectivity index (χ4v) is 2.10. The molecule has 8 nitrogen and oxygen atoms in total. The molecule has 4 amide bonds. The molecule has 0 aromatic heterocycles. The SMILES string of the molecule is CC(=O)NCC/C=C\CCNC(C)=O.CC(=O)NCCC/C=C\CCCNC(C)=O. The van der Waals surface area contributed by atoms with Crippen LogP contribution in [-0.2, 0) is 19.2 Å². The van der Waals surface area contributed by atoms with Gasteiger partial charge in [0.2, 0.25) is 23.6 Å². The van der Waals surface area contributed by atoms with Crippen molar-refractivity contribution in [3.05, 3.63) is 24.3 Å². The highest BCUT2D eigenvalue weighted by Crippen LogP contribution is 1.94. The molecule has 8 heteroatoms. The lowest BCUT2D eigenvalue weighted by Gasteiger charge is -1.99. The molecule has 0 aliphatic rings. The maximum atomic E-state index is 10.5. The van der Waals surface area contributed by atoms with E-state index in [0.29, 0.717) is 13.1 Å². The number of hydrogen-bond acceptors (Lipinski definition) is 4. The number of hydrogen-bond donors (Lipinski definition) is 4. The van der Waals surface area contributed by atoms with Crippen LogP contribution in [0.1, 0.15) is 66.2 Å². The zero-order valence-corrected chi connectivity index (χ0v) is 19.0. The normalized spacial score (nSPS) is 10.3. The minimum absolute atomic E-state index is 0.00311. The lowest BCUT2D eigenvalue weighted by atomic mass is 10.2. The summed E-state index contributed by atoms with van der Waals surface area (Å²) in [4.78, 5) is 42.0. The van der Waals surface area contributed by atoms with Crippen molar-refractivity contribution in [3.63, 3.8) is 0 Å². The Morgan fingerprint density at radius 2 is 0.733 bits per heavy atom. The van der Waals surface area contributed by atoms with Crippen LogP contribution in [0.4, 0.5) is 0 Å². The lowest BCUT2D eigenvalue weighted by Crippen LogP contribution is -2.20. The van der Waals surface area contributed by atoms with Gasteiger partial charge in [-0.3, -0.25) is 19.2 Å². The molecule has 0 atom stereocenters. The summed E-state index contributed by atoms with van der Waals surface area (Å²) in [7, 11) is 0. The highest BCUT2D eigenvalue weighted by molar-refractivity contribution is 5.73. The summed E-state index contributed by atoms with van der Waals surface area (Å²) in [6, 6.07) is 0. The van der Waals surface area contributed by atoms with Gasteiger partial charge in [-0.1, -0.05) is 24.3 Å². The van der Waals surface area contributed by atoms with Crippen molar-refractivity contribution >= 4 is 23.6 Å². The monoisotopic (exact) mass is 424 g/mol. The third-order valence-corrected chi connectivity index (χ3v) is 3.55. The first kappa shape index (κ1) is 29.6. The van der Waals surface area contributed by atoms with Crippen LogP contribution in [0.2, 0.25) is 0 Å². The van der Waals surface area contributed by atoms with Crippen LogP contribution < -0.4 is 21.3 Å². The van der Waals surface area contributed by atoms with Gasteiger partial charge in [-0.25, -0.2) is 0 Å². The van der Waals surface area contributed by atoms with Crippen LogP contribution in [-0.4, -0.2) is 49.8 Å². The van der Waals surface area contributed by atoms with Crippen LogP contribution in [0.25, 0.3) is 0 Å². The van der Waals surface area contributed by atoms with Crippen molar-refractivity contribution in [2.24, 2.45) is 0 Å². The van der Waals surface area contributed by atoms with Crippen molar-refractivity contribution in [3.8, 4) is 0 Å². The highest BCUT2D eigenvalue weighted by Gasteiger charge is 1.90. The van der Waals surface area contributed by atoms with Gasteiger partial charge in [0.15, 0.2) is 0 Å². The van der Waals surface area contributed by atoms with E-state index >= 15 is 0 Å². The largest absolute Gasteiger partial charge is 0.356 e.